The smallest absolute Gasteiger partial charge is 0.254 e. The summed E-state index contributed by atoms with van der Waals surface area (Å²) < 4.78 is 16.2. The maximum Gasteiger partial charge on any atom is 0.254 e. The van der Waals surface area contributed by atoms with Crippen LogP contribution in [0.3, 0.4) is 0 Å². The first-order valence-corrected chi connectivity index (χ1v) is 11.8. The van der Waals surface area contributed by atoms with Crippen molar-refractivity contribution in [1.82, 2.24) is 14.9 Å². The number of carbonyl (C=O) groups excluding carboxylic acids is 1. The molecule has 0 saturated carbocycles. The Hall–Kier alpha value is -4.33. The lowest BCUT2D eigenvalue weighted by Gasteiger charge is -2.36. The van der Waals surface area contributed by atoms with Gasteiger partial charge in [-0.15, -0.1) is 0 Å². The van der Waals surface area contributed by atoms with Crippen LogP contribution in [0, 0.1) is 0 Å². The minimum absolute atomic E-state index is 0.0817. The number of amides is 1. The van der Waals surface area contributed by atoms with Crippen molar-refractivity contribution < 1.29 is 19.0 Å². The van der Waals surface area contributed by atoms with Gasteiger partial charge in [-0.25, -0.2) is 9.97 Å². The number of aromatic nitrogens is 2. The number of methoxy groups -OCH3 is 3. The number of nitrogens with zero attached hydrogens (tertiary/aromatic N) is 4. The molecule has 0 unspecified atom stereocenters. The monoisotopic (exact) mass is 484 g/mol. The van der Waals surface area contributed by atoms with Crippen LogP contribution in [0.15, 0.2) is 66.7 Å². The Morgan fingerprint density at radius 1 is 0.750 bits per heavy atom. The lowest BCUT2D eigenvalue weighted by molar-refractivity contribution is 0.0745. The van der Waals surface area contributed by atoms with Crippen LogP contribution in [0.4, 0.5) is 5.82 Å². The number of hydrogen-bond donors (Lipinski definition) is 0. The number of benzene rings is 3. The first kappa shape index (κ1) is 23.4. The fourth-order valence-electron chi connectivity index (χ4n) is 4.51. The molecule has 2 heterocycles. The summed E-state index contributed by atoms with van der Waals surface area (Å²) in [7, 11) is 4.62. The second kappa shape index (κ2) is 10.1. The second-order valence-corrected chi connectivity index (χ2v) is 8.44. The first-order valence-electron chi connectivity index (χ1n) is 11.8. The molecule has 184 valence electrons. The van der Waals surface area contributed by atoms with Crippen molar-refractivity contribution in [3.63, 3.8) is 0 Å². The van der Waals surface area contributed by atoms with Crippen molar-refractivity contribution in [3.8, 4) is 28.5 Å². The average molecular weight is 485 g/mol. The van der Waals surface area contributed by atoms with Crippen LogP contribution in [0.2, 0.25) is 0 Å². The summed E-state index contributed by atoms with van der Waals surface area (Å²) in [6.45, 7) is 2.39. The van der Waals surface area contributed by atoms with E-state index in [1.165, 1.54) is 0 Å². The van der Waals surface area contributed by atoms with E-state index in [1.54, 1.807) is 33.5 Å². The Labute approximate surface area is 210 Å². The third-order valence-electron chi connectivity index (χ3n) is 6.38. The molecule has 0 N–H and O–H groups in total. The summed E-state index contributed by atoms with van der Waals surface area (Å²) in [4.78, 5) is 27.4. The number of hydrogen-bond acceptors (Lipinski definition) is 7. The van der Waals surface area contributed by atoms with Crippen molar-refractivity contribution in [1.29, 1.82) is 0 Å². The fraction of sp³-hybridized carbons (Fsp3) is 0.250. The molecule has 8 nitrogen and oxygen atoms in total. The summed E-state index contributed by atoms with van der Waals surface area (Å²) in [5, 5.41) is 0. The number of piperazine rings is 1. The highest BCUT2D eigenvalue weighted by atomic mass is 16.5. The Kier molecular flexibility index (Phi) is 6.58. The first-order chi connectivity index (χ1) is 17.6. The highest BCUT2D eigenvalue weighted by Gasteiger charge is 2.27. The van der Waals surface area contributed by atoms with E-state index in [0.717, 1.165) is 28.1 Å². The summed E-state index contributed by atoms with van der Waals surface area (Å²) >= 11 is 0. The van der Waals surface area contributed by atoms with Gasteiger partial charge in [0.1, 0.15) is 5.69 Å². The summed E-state index contributed by atoms with van der Waals surface area (Å²) in [6.07, 6.45) is 0. The Morgan fingerprint density at radius 2 is 1.33 bits per heavy atom. The van der Waals surface area contributed by atoms with Gasteiger partial charge in [0.05, 0.1) is 32.4 Å². The normalized spacial score (nSPS) is 13.5. The molecule has 1 amide bonds. The Bertz CT molecular complexity index is 1360. The van der Waals surface area contributed by atoms with Gasteiger partial charge in [-0.05, 0) is 24.3 Å². The number of ether oxygens (including phenoxy) is 3. The quantitative estimate of drug-likeness (QED) is 0.404. The van der Waals surface area contributed by atoms with Crippen LogP contribution in [-0.2, 0) is 0 Å². The molecule has 0 spiro atoms. The Morgan fingerprint density at radius 3 is 1.92 bits per heavy atom. The lowest BCUT2D eigenvalue weighted by Crippen LogP contribution is -2.49. The molecule has 1 aromatic heterocycles. The van der Waals surface area contributed by atoms with E-state index in [4.69, 9.17) is 24.2 Å². The van der Waals surface area contributed by atoms with Crippen molar-refractivity contribution in [2.24, 2.45) is 0 Å². The van der Waals surface area contributed by atoms with Gasteiger partial charge < -0.3 is 24.0 Å². The number of para-hydroxylation sites is 2. The minimum atomic E-state index is -0.0817. The maximum absolute atomic E-state index is 13.4. The number of anilines is 1. The number of fused-ring (bicyclic) bond motifs is 1. The van der Waals surface area contributed by atoms with Crippen LogP contribution >= 0.6 is 0 Å². The van der Waals surface area contributed by atoms with Crippen molar-refractivity contribution in [3.05, 3.63) is 72.3 Å². The van der Waals surface area contributed by atoms with Crippen molar-refractivity contribution in [2.75, 3.05) is 52.4 Å². The van der Waals surface area contributed by atoms with E-state index in [1.807, 2.05) is 59.5 Å². The van der Waals surface area contributed by atoms with E-state index < -0.39 is 0 Å². The minimum Gasteiger partial charge on any atom is -0.493 e. The third-order valence-corrected chi connectivity index (χ3v) is 6.38. The molecule has 1 fully saturated rings. The molecule has 5 rings (SSSR count). The Balaban J connectivity index is 1.41. The predicted octanol–water partition coefficient (Wildman–Crippen LogP) is 4.29. The van der Waals surface area contributed by atoms with E-state index in [9.17, 15) is 4.79 Å². The number of rotatable bonds is 6. The highest BCUT2D eigenvalue weighted by Crippen LogP contribution is 2.38. The van der Waals surface area contributed by atoms with Gasteiger partial charge in [0.15, 0.2) is 17.3 Å². The van der Waals surface area contributed by atoms with Gasteiger partial charge in [0, 0.05) is 37.3 Å². The molecule has 0 aliphatic carbocycles. The van der Waals surface area contributed by atoms with Gasteiger partial charge in [-0.2, -0.15) is 0 Å². The van der Waals surface area contributed by atoms with Crippen molar-refractivity contribution in [2.45, 2.75) is 0 Å². The molecule has 3 aromatic carbocycles. The molecular weight excluding hydrogens is 456 g/mol. The van der Waals surface area contributed by atoms with Crippen LogP contribution in [0.1, 0.15) is 10.4 Å². The van der Waals surface area contributed by atoms with E-state index in [2.05, 4.69) is 4.90 Å². The molecule has 8 heteroatoms. The standard InChI is InChI=1S/C28H28N4O4/c1-34-23-17-20(18-24(35-2)26(23)36-3)28(33)32-15-13-31(14-16-32)27-25(19-9-5-4-6-10-19)29-21-11-7-8-12-22(21)30-27/h4-12,17-18H,13-16H2,1-3H3. The molecule has 1 saturated heterocycles. The zero-order valence-electron chi connectivity index (χ0n) is 20.6. The van der Waals surface area contributed by atoms with Crippen LogP contribution < -0.4 is 19.1 Å². The van der Waals surface area contributed by atoms with Gasteiger partial charge in [-0.1, -0.05) is 42.5 Å². The van der Waals surface area contributed by atoms with Gasteiger partial charge in [0.2, 0.25) is 5.75 Å². The molecule has 1 aliphatic heterocycles. The lowest BCUT2D eigenvalue weighted by atomic mass is 10.1. The van der Waals surface area contributed by atoms with Gasteiger partial charge >= 0.3 is 0 Å². The average Bonchev–Trinajstić information content (AvgIpc) is 2.95. The summed E-state index contributed by atoms with van der Waals surface area (Å²) in [6, 6.07) is 21.4. The van der Waals surface area contributed by atoms with Crippen LogP contribution in [-0.4, -0.2) is 68.3 Å². The molecule has 0 radical (unpaired) electrons. The fourth-order valence-corrected chi connectivity index (χ4v) is 4.51. The number of carbonyl (C=O) groups is 1. The van der Waals surface area contributed by atoms with E-state index in [-0.39, 0.29) is 5.91 Å². The zero-order valence-corrected chi connectivity index (χ0v) is 20.6. The third kappa shape index (κ3) is 4.37. The molecule has 4 aromatic rings. The van der Waals surface area contributed by atoms with E-state index in [0.29, 0.717) is 49.0 Å². The largest absolute Gasteiger partial charge is 0.493 e. The molecule has 0 bridgehead atoms. The molecule has 36 heavy (non-hydrogen) atoms. The van der Waals surface area contributed by atoms with Crippen LogP contribution in [0.5, 0.6) is 17.2 Å². The van der Waals surface area contributed by atoms with Crippen LogP contribution in [0.25, 0.3) is 22.3 Å². The van der Waals surface area contributed by atoms with Gasteiger partial charge in [0.25, 0.3) is 5.91 Å². The summed E-state index contributed by atoms with van der Waals surface area (Å²) in [5.74, 6) is 2.13. The topological polar surface area (TPSA) is 77.0 Å². The molecular formula is C28H28N4O4. The SMILES string of the molecule is COc1cc(C(=O)N2CCN(c3nc4ccccc4nc3-c3ccccc3)CC2)cc(OC)c1OC. The maximum atomic E-state index is 13.4. The highest BCUT2D eigenvalue weighted by molar-refractivity contribution is 5.96. The van der Waals surface area contributed by atoms with E-state index >= 15 is 0 Å². The zero-order chi connectivity index (χ0) is 25.1. The van der Waals surface area contributed by atoms with Gasteiger partial charge in [-0.3, -0.25) is 4.79 Å². The predicted molar refractivity (Wildman–Crippen MR) is 139 cm³/mol. The molecule has 0 atom stereocenters. The molecule has 1 aliphatic rings. The summed E-state index contributed by atoms with van der Waals surface area (Å²) in [5.41, 5.74) is 4.06. The second-order valence-electron chi connectivity index (χ2n) is 8.44. The van der Waals surface area contributed by atoms with Crippen molar-refractivity contribution >= 4 is 22.8 Å².